The molecule has 7 heteroatoms. The van der Waals surface area contributed by atoms with Crippen molar-refractivity contribution in [1.29, 1.82) is 0 Å². The van der Waals surface area contributed by atoms with Crippen LogP contribution in [0.1, 0.15) is 11.5 Å². The molecule has 3 heterocycles. The number of imidazole rings is 1. The van der Waals surface area contributed by atoms with Crippen molar-refractivity contribution >= 4 is 11.8 Å². The van der Waals surface area contributed by atoms with Gasteiger partial charge in [0.25, 0.3) is 0 Å². The normalized spacial score (nSPS) is 19.2. The maximum atomic E-state index is 12.0. The number of furan rings is 1. The van der Waals surface area contributed by atoms with Gasteiger partial charge in [-0.1, -0.05) is 0 Å². The fraction of sp³-hybridized carbons (Fsp3) is 0.308. The van der Waals surface area contributed by atoms with Gasteiger partial charge in [-0.05, 0) is 12.1 Å². The number of aromatic nitrogens is 2. The van der Waals surface area contributed by atoms with Crippen LogP contribution in [0.15, 0.2) is 35.3 Å². The molecule has 0 aromatic carbocycles. The summed E-state index contributed by atoms with van der Waals surface area (Å²) in [4.78, 5) is 32.5. The van der Waals surface area contributed by atoms with Crippen molar-refractivity contribution in [2.75, 3.05) is 6.54 Å². The number of hydrogen-bond acceptors (Lipinski definition) is 4. The van der Waals surface area contributed by atoms with Gasteiger partial charge in [-0.15, -0.1) is 0 Å². The second kappa shape index (κ2) is 5.20. The number of aromatic amines is 1. The highest BCUT2D eigenvalue weighted by Gasteiger charge is 2.35. The fourth-order valence-corrected chi connectivity index (χ4v) is 2.27. The molecule has 3 rings (SSSR count). The van der Waals surface area contributed by atoms with Crippen molar-refractivity contribution in [3.63, 3.8) is 0 Å². The Morgan fingerprint density at radius 1 is 1.45 bits per heavy atom. The zero-order valence-corrected chi connectivity index (χ0v) is 10.7. The predicted octanol–water partition coefficient (Wildman–Crippen LogP) is 0.0724. The highest BCUT2D eigenvalue weighted by molar-refractivity contribution is 5.94. The van der Waals surface area contributed by atoms with Crippen molar-refractivity contribution < 1.29 is 14.0 Å². The minimum absolute atomic E-state index is 0.0268. The van der Waals surface area contributed by atoms with E-state index in [1.54, 1.807) is 35.8 Å². The average molecular weight is 274 g/mol. The lowest BCUT2D eigenvalue weighted by atomic mass is 10.1. The predicted molar refractivity (Wildman–Crippen MR) is 68.3 cm³/mol. The first-order valence-corrected chi connectivity index (χ1v) is 6.31. The largest absolute Gasteiger partial charge is 0.467 e. The van der Waals surface area contributed by atoms with Crippen molar-refractivity contribution in [1.82, 2.24) is 20.2 Å². The van der Waals surface area contributed by atoms with Gasteiger partial charge in [0.2, 0.25) is 11.8 Å². The van der Waals surface area contributed by atoms with Crippen molar-refractivity contribution in [3.05, 3.63) is 42.4 Å². The summed E-state index contributed by atoms with van der Waals surface area (Å²) in [5.74, 6) is 0.374. The summed E-state index contributed by atoms with van der Waals surface area (Å²) in [5.41, 5.74) is 0.810. The number of piperazine rings is 1. The van der Waals surface area contributed by atoms with Gasteiger partial charge < -0.3 is 19.6 Å². The van der Waals surface area contributed by atoms with Crippen LogP contribution < -0.4 is 5.32 Å². The van der Waals surface area contributed by atoms with E-state index in [2.05, 4.69) is 15.3 Å². The van der Waals surface area contributed by atoms with Gasteiger partial charge in [0, 0.05) is 18.3 Å². The van der Waals surface area contributed by atoms with Crippen LogP contribution in [-0.2, 0) is 22.6 Å². The maximum absolute atomic E-state index is 12.0. The van der Waals surface area contributed by atoms with Crippen LogP contribution in [0.5, 0.6) is 0 Å². The number of rotatable bonds is 4. The van der Waals surface area contributed by atoms with Crippen LogP contribution >= 0.6 is 0 Å². The van der Waals surface area contributed by atoms with Gasteiger partial charge in [0.05, 0.1) is 25.7 Å². The number of carbonyl (C=O) groups excluding carboxylic acids is 2. The Morgan fingerprint density at radius 3 is 3.05 bits per heavy atom. The molecule has 1 saturated heterocycles. The van der Waals surface area contributed by atoms with Gasteiger partial charge >= 0.3 is 0 Å². The highest BCUT2D eigenvalue weighted by atomic mass is 16.3. The summed E-state index contributed by atoms with van der Waals surface area (Å²) in [6, 6.07) is 2.99. The summed E-state index contributed by atoms with van der Waals surface area (Å²) >= 11 is 0. The highest BCUT2D eigenvalue weighted by Crippen LogP contribution is 2.15. The molecule has 2 N–H and O–H groups in total. The third kappa shape index (κ3) is 2.42. The molecule has 1 atom stereocenters. The van der Waals surface area contributed by atoms with Crippen LogP contribution in [0.25, 0.3) is 0 Å². The van der Waals surface area contributed by atoms with E-state index in [0.29, 0.717) is 12.2 Å². The number of hydrogen-bond donors (Lipinski definition) is 2. The van der Waals surface area contributed by atoms with Gasteiger partial charge in [0.1, 0.15) is 11.8 Å². The lowest BCUT2D eigenvalue weighted by Crippen LogP contribution is -2.58. The van der Waals surface area contributed by atoms with E-state index in [1.165, 1.54) is 0 Å². The Labute approximate surface area is 115 Å². The molecule has 2 amide bonds. The summed E-state index contributed by atoms with van der Waals surface area (Å²) in [7, 11) is 0. The third-order valence-corrected chi connectivity index (χ3v) is 3.29. The molecule has 1 aliphatic rings. The van der Waals surface area contributed by atoms with Crippen molar-refractivity contribution in [3.8, 4) is 0 Å². The van der Waals surface area contributed by atoms with Crippen molar-refractivity contribution in [2.45, 2.75) is 19.0 Å². The summed E-state index contributed by atoms with van der Waals surface area (Å²) in [6.07, 6.45) is 5.15. The van der Waals surface area contributed by atoms with Crippen LogP contribution in [0.2, 0.25) is 0 Å². The van der Waals surface area contributed by atoms with Crippen LogP contribution in [0.4, 0.5) is 0 Å². The number of nitrogens with zero attached hydrogens (tertiary/aromatic N) is 2. The van der Waals surface area contributed by atoms with E-state index in [4.69, 9.17) is 4.42 Å². The number of amides is 2. The standard InChI is InChI=1S/C13H14N4O3/c18-12-6-15-13(19)11(4-9-5-14-8-16-9)17(12)7-10-2-1-3-20-10/h1-3,5,8,11H,4,6-7H2,(H,14,16)(H,15,19)/t11-/m0/s1. The molecular weight excluding hydrogens is 260 g/mol. The number of nitrogens with one attached hydrogen (secondary N) is 2. The Hall–Kier alpha value is -2.57. The monoisotopic (exact) mass is 274 g/mol. The fourth-order valence-electron chi connectivity index (χ4n) is 2.27. The number of carbonyl (C=O) groups is 2. The minimum atomic E-state index is -0.554. The molecule has 20 heavy (non-hydrogen) atoms. The smallest absolute Gasteiger partial charge is 0.243 e. The summed E-state index contributed by atoms with van der Waals surface area (Å²) < 4.78 is 5.26. The van der Waals surface area contributed by atoms with Crippen LogP contribution in [-0.4, -0.2) is 39.3 Å². The molecule has 1 fully saturated rings. The molecule has 0 spiro atoms. The van der Waals surface area contributed by atoms with E-state index in [-0.39, 0.29) is 24.9 Å². The molecular formula is C13H14N4O3. The molecule has 1 aliphatic heterocycles. The molecule has 104 valence electrons. The second-order valence-electron chi connectivity index (χ2n) is 4.62. The quantitative estimate of drug-likeness (QED) is 0.825. The first-order valence-electron chi connectivity index (χ1n) is 6.31. The first kappa shape index (κ1) is 12.5. The van der Waals surface area contributed by atoms with E-state index in [9.17, 15) is 9.59 Å². The SMILES string of the molecule is O=C1NCC(=O)N(Cc2ccco2)[C@H]1Cc1cnc[nH]1. The summed E-state index contributed by atoms with van der Waals surface area (Å²) in [5, 5.41) is 2.61. The Kier molecular flexibility index (Phi) is 3.24. The number of H-pyrrole nitrogens is 1. The first-order chi connectivity index (χ1) is 9.74. The molecule has 2 aromatic heterocycles. The molecule has 2 aromatic rings. The van der Waals surface area contributed by atoms with Crippen molar-refractivity contribution in [2.24, 2.45) is 0 Å². The molecule has 0 saturated carbocycles. The Bertz CT molecular complexity index is 537. The topological polar surface area (TPSA) is 91.2 Å². The van der Waals surface area contributed by atoms with E-state index in [1.807, 2.05) is 0 Å². The van der Waals surface area contributed by atoms with Crippen LogP contribution in [0.3, 0.4) is 0 Å². The van der Waals surface area contributed by atoms with Gasteiger partial charge in [-0.2, -0.15) is 0 Å². The zero-order chi connectivity index (χ0) is 13.9. The Morgan fingerprint density at radius 2 is 2.35 bits per heavy atom. The zero-order valence-electron chi connectivity index (χ0n) is 10.7. The molecule has 0 unspecified atom stereocenters. The molecule has 7 nitrogen and oxygen atoms in total. The van der Waals surface area contributed by atoms with E-state index < -0.39 is 6.04 Å². The average Bonchev–Trinajstić information content (AvgIpc) is 3.11. The van der Waals surface area contributed by atoms with E-state index >= 15 is 0 Å². The molecule has 0 bridgehead atoms. The lowest BCUT2D eigenvalue weighted by molar-refractivity contribution is -0.146. The van der Waals surface area contributed by atoms with Gasteiger partial charge in [-0.25, -0.2) is 4.98 Å². The maximum Gasteiger partial charge on any atom is 0.243 e. The van der Waals surface area contributed by atoms with Gasteiger partial charge in [0.15, 0.2) is 0 Å². The third-order valence-electron chi connectivity index (χ3n) is 3.29. The van der Waals surface area contributed by atoms with Gasteiger partial charge in [-0.3, -0.25) is 9.59 Å². The molecule has 0 radical (unpaired) electrons. The molecule has 0 aliphatic carbocycles. The lowest BCUT2D eigenvalue weighted by Gasteiger charge is -2.34. The minimum Gasteiger partial charge on any atom is -0.467 e. The Balaban J connectivity index is 1.81. The second-order valence-corrected chi connectivity index (χ2v) is 4.62. The summed E-state index contributed by atoms with van der Waals surface area (Å²) in [6.45, 7) is 0.317. The van der Waals surface area contributed by atoms with E-state index in [0.717, 1.165) is 5.69 Å². The van der Waals surface area contributed by atoms with Crippen LogP contribution in [0, 0.1) is 0 Å².